The molecule has 0 aromatic heterocycles. The van der Waals surface area contributed by atoms with E-state index >= 15 is 0 Å². The van der Waals surface area contributed by atoms with Crippen LogP contribution in [0.3, 0.4) is 0 Å². The van der Waals surface area contributed by atoms with Crippen LogP contribution in [0.15, 0.2) is 47.4 Å². The molecule has 2 aromatic carbocycles. The predicted octanol–water partition coefficient (Wildman–Crippen LogP) is 4.46. The molecule has 7 heteroatoms. The van der Waals surface area contributed by atoms with E-state index in [1.54, 1.807) is 37.3 Å². The van der Waals surface area contributed by atoms with Gasteiger partial charge in [0.05, 0.1) is 11.0 Å². The average molecular weight is 431 g/mol. The van der Waals surface area contributed by atoms with Crippen molar-refractivity contribution >= 4 is 21.6 Å². The molecule has 30 heavy (non-hydrogen) atoms. The van der Waals surface area contributed by atoms with Crippen molar-refractivity contribution in [3.8, 4) is 5.75 Å². The van der Waals surface area contributed by atoms with Gasteiger partial charge in [-0.1, -0.05) is 19.1 Å². The highest BCUT2D eigenvalue weighted by molar-refractivity contribution is 7.89. The molecule has 1 N–H and O–H groups in total. The number of anilines is 1. The van der Waals surface area contributed by atoms with Crippen LogP contribution in [0.4, 0.5) is 5.69 Å². The van der Waals surface area contributed by atoms with Crippen LogP contribution in [0.25, 0.3) is 0 Å². The minimum atomic E-state index is -3.62. The Morgan fingerprint density at radius 1 is 1.13 bits per heavy atom. The smallest absolute Gasteiger partial charge is 0.255 e. The van der Waals surface area contributed by atoms with Crippen LogP contribution in [-0.2, 0) is 10.0 Å². The third-order valence-electron chi connectivity index (χ3n) is 5.30. The second-order valence-electron chi connectivity index (χ2n) is 8.21. The first-order valence-corrected chi connectivity index (χ1v) is 11.8. The Hall–Kier alpha value is -2.38. The lowest BCUT2D eigenvalue weighted by Crippen LogP contribution is -2.38. The van der Waals surface area contributed by atoms with Gasteiger partial charge in [-0.2, -0.15) is 4.31 Å². The highest BCUT2D eigenvalue weighted by atomic mass is 32.2. The summed E-state index contributed by atoms with van der Waals surface area (Å²) in [4.78, 5) is 13.1. The zero-order valence-electron chi connectivity index (χ0n) is 18.0. The van der Waals surface area contributed by atoms with Crippen molar-refractivity contribution in [3.63, 3.8) is 0 Å². The number of sulfonamides is 1. The fraction of sp³-hybridized carbons (Fsp3) is 0.435. The Kier molecular flexibility index (Phi) is 6.83. The lowest BCUT2D eigenvalue weighted by molar-refractivity contribution is 0.102. The van der Waals surface area contributed by atoms with Crippen LogP contribution in [0, 0.1) is 12.8 Å². The Bertz CT molecular complexity index is 1010. The average Bonchev–Trinajstić information content (AvgIpc) is 2.68. The normalized spacial score (nSPS) is 15.9. The number of hydrogen-bond acceptors (Lipinski definition) is 4. The van der Waals surface area contributed by atoms with E-state index in [0.717, 1.165) is 12.8 Å². The van der Waals surface area contributed by atoms with Gasteiger partial charge in [-0.3, -0.25) is 4.79 Å². The summed E-state index contributed by atoms with van der Waals surface area (Å²) < 4.78 is 33.3. The van der Waals surface area contributed by atoms with Crippen molar-refractivity contribution in [3.05, 3.63) is 53.6 Å². The summed E-state index contributed by atoms with van der Waals surface area (Å²) in [7, 11) is -3.62. The summed E-state index contributed by atoms with van der Waals surface area (Å²) in [5, 5.41) is 2.85. The molecule has 1 heterocycles. The van der Waals surface area contributed by atoms with E-state index in [2.05, 4.69) is 12.2 Å². The van der Waals surface area contributed by atoms with Crippen molar-refractivity contribution in [2.75, 3.05) is 18.4 Å². The number of rotatable bonds is 6. The number of carbonyl (C=O) groups excluding carboxylic acids is 1. The van der Waals surface area contributed by atoms with Crippen molar-refractivity contribution in [2.24, 2.45) is 5.92 Å². The fourth-order valence-electron chi connectivity index (χ4n) is 3.50. The molecule has 1 saturated heterocycles. The number of amides is 1. The molecule has 162 valence electrons. The second kappa shape index (κ2) is 9.18. The van der Waals surface area contributed by atoms with Crippen LogP contribution in [0.1, 0.15) is 49.5 Å². The monoisotopic (exact) mass is 430 g/mol. The zero-order valence-corrected chi connectivity index (χ0v) is 18.8. The number of piperidine rings is 1. The fourth-order valence-corrected chi connectivity index (χ4v) is 4.99. The van der Waals surface area contributed by atoms with Gasteiger partial charge in [0, 0.05) is 30.4 Å². The van der Waals surface area contributed by atoms with E-state index in [1.807, 2.05) is 19.9 Å². The number of ether oxygens (including phenoxy) is 1. The summed E-state index contributed by atoms with van der Waals surface area (Å²) in [6, 6.07) is 11.9. The number of aryl methyl sites for hydroxylation is 1. The number of benzene rings is 2. The van der Waals surface area contributed by atoms with Crippen molar-refractivity contribution in [2.45, 2.75) is 51.5 Å². The summed E-state index contributed by atoms with van der Waals surface area (Å²) in [6.45, 7) is 8.84. The molecule has 0 aliphatic carbocycles. The van der Waals surface area contributed by atoms with Crippen LogP contribution in [-0.4, -0.2) is 37.8 Å². The van der Waals surface area contributed by atoms with Gasteiger partial charge in [0.2, 0.25) is 10.0 Å². The maximum atomic E-state index is 13.1. The van der Waals surface area contributed by atoms with Gasteiger partial charge in [-0.15, -0.1) is 0 Å². The Balaban J connectivity index is 1.82. The predicted molar refractivity (Wildman–Crippen MR) is 118 cm³/mol. The molecule has 0 radical (unpaired) electrons. The highest BCUT2D eigenvalue weighted by Gasteiger charge is 2.29. The summed E-state index contributed by atoms with van der Waals surface area (Å²) in [5.41, 5.74) is 1.65. The standard InChI is InChI=1S/C23H30N2O4S/c1-16(2)29-20-7-5-6-19(14-20)24-23(26)22-15-21(9-8-18(22)4)30(27,28)25-12-10-17(3)11-13-25/h5-9,14-17H,10-13H2,1-4H3,(H,24,26). The van der Waals surface area contributed by atoms with E-state index in [0.29, 0.717) is 41.6 Å². The summed E-state index contributed by atoms with van der Waals surface area (Å²) >= 11 is 0. The minimum Gasteiger partial charge on any atom is -0.491 e. The van der Waals surface area contributed by atoms with Gasteiger partial charge in [0.1, 0.15) is 5.75 Å². The first kappa shape index (κ1) is 22.3. The lowest BCUT2D eigenvalue weighted by atomic mass is 10.0. The van der Waals surface area contributed by atoms with Gasteiger partial charge in [0.15, 0.2) is 0 Å². The van der Waals surface area contributed by atoms with Crippen LogP contribution >= 0.6 is 0 Å². The summed E-state index contributed by atoms with van der Waals surface area (Å²) in [6.07, 6.45) is 1.73. The van der Waals surface area contributed by atoms with Crippen molar-refractivity contribution < 1.29 is 17.9 Å². The third-order valence-corrected chi connectivity index (χ3v) is 7.19. The largest absolute Gasteiger partial charge is 0.491 e. The molecule has 6 nitrogen and oxygen atoms in total. The molecule has 3 rings (SSSR count). The van der Waals surface area contributed by atoms with Gasteiger partial charge >= 0.3 is 0 Å². The maximum Gasteiger partial charge on any atom is 0.255 e. The topological polar surface area (TPSA) is 75.7 Å². The van der Waals surface area contributed by atoms with Gasteiger partial charge < -0.3 is 10.1 Å². The summed E-state index contributed by atoms with van der Waals surface area (Å²) in [5.74, 6) is 0.847. The quantitative estimate of drug-likeness (QED) is 0.734. The zero-order chi connectivity index (χ0) is 21.9. The first-order chi connectivity index (χ1) is 14.2. The first-order valence-electron chi connectivity index (χ1n) is 10.4. The molecule has 0 atom stereocenters. The van der Waals surface area contributed by atoms with E-state index in [4.69, 9.17) is 4.74 Å². The second-order valence-corrected chi connectivity index (χ2v) is 10.1. The molecule has 0 unspecified atom stereocenters. The molecule has 1 amide bonds. The van der Waals surface area contributed by atoms with E-state index in [9.17, 15) is 13.2 Å². The molecule has 1 aliphatic rings. The Morgan fingerprint density at radius 2 is 1.83 bits per heavy atom. The van der Waals surface area contributed by atoms with E-state index < -0.39 is 10.0 Å². The van der Waals surface area contributed by atoms with Crippen LogP contribution in [0.2, 0.25) is 0 Å². The van der Waals surface area contributed by atoms with Crippen molar-refractivity contribution in [1.82, 2.24) is 4.31 Å². The molecule has 0 bridgehead atoms. The molecular formula is C23H30N2O4S. The van der Waals surface area contributed by atoms with Crippen molar-refractivity contribution in [1.29, 1.82) is 0 Å². The van der Waals surface area contributed by atoms with Gasteiger partial charge in [-0.05, 0) is 69.4 Å². The number of nitrogens with zero attached hydrogens (tertiary/aromatic N) is 1. The molecule has 1 aliphatic heterocycles. The number of hydrogen-bond donors (Lipinski definition) is 1. The SMILES string of the molecule is Cc1ccc(S(=O)(=O)N2CCC(C)CC2)cc1C(=O)Nc1cccc(OC(C)C)c1. The number of carbonyl (C=O) groups is 1. The minimum absolute atomic E-state index is 0.0258. The molecule has 1 fully saturated rings. The van der Waals surface area contributed by atoms with Gasteiger partial charge in [-0.25, -0.2) is 8.42 Å². The number of nitrogens with one attached hydrogen (secondary N) is 1. The maximum absolute atomic E-state index is 13.1. The lowest BCUT2D eigenvalue weighted by Gasteiger charge is -2.29. The van der Waals surface area contributed by atoms with E-state index in [-0.39, 0.29) is 16.9 Å². The highest BCUT2D eigenvalue weighted by Crippen LogP contribution is 2.26. The molecule has 2 aromatic rings. The van der Waals surface area contributed by atoms with Crippen LogP contribution < -0.4 is 10.1 Å². The van der Waals surface area contributed by atoms with Crippen LogP contribution in [0.5, 0.6) is 5.75 Å². The van der Waals surface area contributed by atoms with Gasteiger partial charge in [0.25, 0.3) is 5.91 Å². The van der Waals surface area contributed by atoms with E-state index in [1.165, 1.54) is 10.4 Å². The molecule has 0 spiro atoms. The Morgan fingerprint density at radius 3 is 2.50 bits per heavy atom. The third kappa shape index (κ3) is 5.21. The Labute approximate surface area is 179 Å². The molecular weight excluding hydrogens is 400 g/mol. The molecule has 0 saturated carbocycles.